The average molecular weight is 331 g/mol. The summed E-state index contributed by atoms with van der Waals surface area (Å²) in [4.78, 5) is 0. The summed E-state index contributed by atoms with van der Waals surface area (Å²) in [7, 11) is 0. The fraction of sp³-hybridized carbons (Fsp3) is 0.786. The van der Waals surface area contributed by atoms with Crippen molar-refractivity contribution in [3.63, 3.8) is 0 Å². The van der Waals surface area contributed by atoms with Gasteiger partial charge in [0.15, 0.2) is 0 Å². The van der Waals surface area contributed by atoms with Gasteiger partial charge in [-0.05, 0) is 55.0 Å². The number of aliphatic hydroxyl groups is 1. The van der Waals surface area contributed by atoms with Crippen LogP contribution in [0.25, 0.3) is 0 Å². The van der Waals surface area contributed by atoms with Crippen LogP contribution in [0.2, 0.25) is 0 Å². The highest BCUT2D eigenvalue weighted by Gasteiger charge is 2.21. The van der Waals surface area contributed by atoms with Crippen molar-refractivity contribution >= 4 is 15.9 Å². The van der Waals surface area contributed by atoms with Gasteiger partial charge >= 0.3 is 0 Å². The van der Waals surface area contributed by atoms with Crippen LogP contribution < -0.4 is 0 Å². The summed E-state index contributed by atoms with van der Waals surface area (Å²) in [5, 5.41) is 14.1. The van der Waals surface area contributed by atoms with Crippen LogP contribution in [0.3, 0.4) is 0 Å². The van der Waals surface area contributed by atoms with Crippen LogP contribution in [0.15, 0.2) is 4.47 Å². The molecule has 1 aliphatic carbocycles. The molecular weight excluding hydrogens is 308 g/mol. The van der Waals surface area contributed by atoms with Gasteiger partial charge < -0.3 is 9.84 Å². The lowest BCUT2D eigenvalue weighted by atomic mass is 9.95. The number of ether oxygens (including phenoxy) is 1. The van der Waals surface area contributed by atoms with Crippen molar-refractivity contribution in [2.75, 3.05) is 0 Å². The number of hydrogen-bond acceptors (Lipinski definition) is 3. The van der Waals surface area contributed by atoms with Crippen LogP contribution in [0.1, 0.15) is 50.9 Å². The van der Waals surface area contributed by atoms with Gasteiger partial charge in [-0.15, -0.1) is 0 Å². The molecule has 1 heterocycles. The minimum atomic E-state index is -0.126. The molecule has 0 radical (unpaired) electrons. The Balaban J connectivity index is 1.97. The molecule has 0 spiro atoms. The average Bonchev–Trinajstić information content (AvgIpc) is 2.74. The van der Waals surface area contributed by atoms with Gasteiger partial charge in [0.2, 0.25) is 0 Å². The number of nitrogens with zero attached hydrogens (tertiary/aromatic N) is 2. The molecule has 0 unspecified atom stereocenters. The third-order valence-corrected chi connectivity index (χ3v) is 4.71. The van der Waals surface area contributed by atoms with E-state index in [2.05, 4.69) is 34.9 Å². The lowest BCUT2D eigenvalue weighted by molar-refractivity contribution is -0.0143. The van der Waals surface area contributed by atoms with Crippen molar-refractivity contribution in [3.05, 3.63) is 15.9 Å². The first-order chi connectivity index (χ1) is 9.15. The third kappa shape index (κ3) is 3.58. The van der Waals surface area contributed by atoms with Gasteiger partial charge in [0.1, 0.15) is 0 Å². The van der Waals surface area contributed by atoms with E-state index in [0.717, 1.165) is 54.5 Å². The predicted octanol–water partition coefficient (Wildman–Crippen LogP) is 3.05. The van der Waals surface area contributed by atoms with E-state index >= 15 is 0 Å². The maximum atomic E-state index is 9.50. The summed E-state index contributed by atoms with van der Waals surface area (Å²) >= 11 is 3.63. The van der Waals surface area contributed by atoms with E-state index in [1.807, 2.05) is 4.68 Å². The molecule has 1 aromatic heterocycles. The van der Waals surface area contributed by atoms with Gasteiger partial charge in [-0.25, -0.2) is 0 Å². The Morgan fingerprint density at radius 1 is 1.32 bits per heavy atom. The van der Waals surface area contributed by atoms with Gasteiger partial charge in [0.05, 0.1) is 34.7 Å². The molecule has 0 aliphatic heterocycles. The number of halogens is 1. The molecule has 5 heteroatoms. The maximum Gasteiger partial charge on any atom is 0.0900 e. The Morgan fingerprint density at radius 2 is 2.00 bits per heavy atom. The molecule has 19 heavy (non-hydrogen) atoms. The lowest BCUT2D eigenvalue weighted by Crippen LogP contribution is -2.24. The molecule has 1 aromatic rings. The van der Waals surface area contributed by atoms with E-state index in [9.17, 15) is 5.11 Å². The highest BCUT2D eigenvalue weighted by Crippen LogP contribution is 2.26. The number of hydrogen-bond donors (Lipinski definition) is 1. The molecule has 108 valence electrons. The first kappa shape index (κ1) is 15.0. The second-order valence-corrected chi connectivity index (χ2v) is 5.91. The Labute approximate surface area is 123 Å². The second-order valence-electron chi connectivity index (χ2n) is 5.12. The molecule has 0 atom stereocenters. The second kappa shape index (κ2) is 6.86. The van der Waals surface area contributed by atoms with Gasteiger partial charge in [-0.1, -0.05) is 6.92 Å². The zero-order valence-electron chi connectivity index (χ0n) is 11.7. The smallest absolute Gasteiger partial charge is 0.0900 e. The summed E-state index contributed by atoms with van der Waals surface area (Å²) in [5.74, 6) is 0. The normalized spacial score (nSPS) is 23.8. The summed E-state index contributed by atoms with van der Waals surface area (Å²) in [6.07, 6.45) is 4.72. The molecule has 4 nitrogen and oxygen atoms in total. The van der Waals surface area contributed by atoms with E-state index in [1.54, 1.807) is 0 Å². The minimum Gasteiger partial charge on any atom is -0.393 e. The van der Waals surface area contributed by atoms with Crippen LogP contribution in [-0.4, -0.2) is 27.1 Å². The summed E-state index contributed by atoms with van der Waals surface area (Å²) < 4.78 is 9.10. The standard InChI is InChI=1S/C14H23BrN2O2/c1-3-12-14(15)13(17(4-2)16-12)9-19-11-7-5-10(18)6-8-11/h10-11,18H,3-9H2,1-2H3. The minimum absolute atomic E-state index is 0.126. The fourth-order valence-corrected chi connectivity index (χ4v) is 3.24. The van der Waals surface area contributed by atoms with Crippen LogP contribution in [0.4, 0.5) is 0 Å². The van der Waals surface area contributed by atoms with Crippen molar-refractivity contribution in [1.29, 1.82) is 0 Å². The molecule has 0 aromatic carbocycles. The first-order valence-electron chi connectivity index (χ1n) is 7.19. The molecule has 1 saturated carbocycles. The largest absolute Gasteiger partial charge is 0.393 e. The highest BCUT2D eigenvalue weighted by atomic mass is 79.9. The van der Waals surface area contributed by atoms with E-state index in [1.165, 1.54) is 0 Å². The number of aliphatic hydroxyl groups excluding tert-OH is 1. The Morgan fingerprint density at radius 3 is 2.58 bits per heavy atom. The molecule has 1 N–H and O–H groups in total. The van der Waals surface area contributed by atoms with Crippen LogP contribution in [0, 0.1) is 0 Å². The molecule has 0 amide bonds. The molecule has 0 bridgehead atoms. The zero-order chi connectivity index (χ0) is 13.8. The van der Waals surface area contributed by atoms with E-state index in [0.29, 0.717) is 6.61 Å². The lowest BCUT2D eigenvalue weighted by Gasteiger charge is -2.25. The van der Waals surface area contributed by atoms with Gasteiger partial charge in [-0.3, -0.25) is 4.68 Å². The fourth-order valence-electron chi connectivity index (χ4n) is 2.56. The summed E-state index contributed by atoms with van der Waals surface area (Å²) in [6.45, 7) is 5.67. The van der Waals surface area contributed by atoms with Crippen LogP contribution >= 0.6 is 15.9 Å². The van der Waals surface area contributed by atoms with Gasteiger partial charge in [0, 0.05) is 6.54 Å². The van der Waals surface area contributed by atoms with Crippen molar-refractivity contribution in [1.82, 2.24) is 9.78 Å². The third-order valence-electron chi connectivity index (χ3n) is 3.79. The van der Waals surface area contributed by atoms with E-state index in [4.69, 9.17) is 4.74 Å². The Kier molecular flexibility index (Phi) is 5.42. The Bertz CT molecular complexity index is 412. The van der Waals surface area contributed by atoms with Crippen molar-refractivity contribution < 1.29 is 9.84 Å². The SMILES string of the molecule is CCc1nn(CC)c(COC2CCC(O)CC2)c1Br. The number of aryl methyl sites for hydroxylation is 2. The molecule has 1 fully saturated rings. The molecule has 1 aliphatic rings. The van der Waals surface area contributed by atoms with Crippen molar-refractivity contribution in [2.24, 2.45) is 0 Å². The molecule has 0 saturated heterocycles. The zero-order valence-corrected chi connectivity index (χ0v) is 13.3. The summed E-state index contributed by atoms with van der Waals surface area (Å²) in [5.41, 5.74) is 2.23. The molecule has 2 rings (SSSR count). The molecular formula is C14H23BrN2O2. The van der Waals surface area contributed by atoms with Crippen LogP contribution in [0.5, 0.6) is 0 Å². The van der Waals surface area contributed by atoms with Gasteiger partial charge in [-0.2, -0.15) is 5.10 Å². The van der Waals surface area contributed by atoms with Crippen molar-refractivity contribution in [3.8, 4) is 0 Å². The number of aromatic nitrogens is 2. The first-order valence-corrected chi connectivity index (χ1v) is 7.98. The predicted molar refractivity (Wildman–Crippen MR) is 78.0 cm³/mol. The topological polar surface area (TPSA) is 47.3 Å². The van der Waals surface area contributed by atoms with Crippen LogP contribution in [-0.2, 0) is 24.3 Å². The highest BCUT2D eigenvalue weighted by molar-refractivity contribution is 9.10. The van der Waals surface area contributed by atoms with Gasteiger partial charge in [0.25, 0.3) is 0 Å². The van der Waals surface area contributed by atoms with E-state index < -0.39 is 0 Å². The monoisotopic (exact) mass is 330 g/mol. The van der Waals surface area contributed by atoms with Crippen molar-refractivity contribution in [2.45, 2.75) is 71.3 Å². The Hall–Kier alpha value is -0.390. The van der Waals surface area contributed by atoms with E-state index in [-0.39, 0.29) is 12.2 Å². The quantitative estimate of drug-likeness (QED) is 0.902. The maximum absolute atomic E-state index is 9.50. The number of rotatable bonds is 5. The summed E-state index contributed by atoms with van der Waals surface area (Å²) in [6, 6.07) is 0.